The molecule has 0 aromatic heterocycles. The highest BCUT2D eigenvalue weighted by Gasteiger charge is 2.40. The van der Waals surface area contributed by atoms with Gasteiger partial charge in [-0.25, -0.2) is 8.42 Å². The third-order valence-corrected chi connectivity index (χ3v) is 5.04. The fourth-order valence-corrected chi connectivity index (χ4v) is 3.69. The predicted molar refractivity (Wildman–Crippen MR) is 103 cm³/mol. The predicted octanol–water partition coefficient (Wildman–Crippen LogP) is 2.20. The van der Waals surface area contributed by atoms with Gasteiger partial charge in [-0.05, 0) is 34.1 Å². The molecule has 0 saturated carbocycles. The Hall–Kier alpha value is -0.700. The standard InChI is InChI=1S/C16H33N2O.C2H6O4S/c1-5-7-8-9-10-16(3,4)15-17(6-2)11-12-18(15)13-14-19;1-2-6-7(3,4)5/h19H,5-14H2,1-4H3;2H2,1H3,(H,3,4,5)/q+1;/p-1. The minimum absolute atomic E-state index is 0.0914. The molecule has 1 heterocycles. The zero-order chi connectivity index (χ0) is 20.2. The van der Waals surface area contributed by atoms with Gasteiger partial charge in [0, 0.05) is 0 Å². The number of unbranched alkanes of at least 4 members (excludes halogenated alkanes) is 3. The van der Waals surface area contributed by atoms with Crippen LogP contribution in [0.2, 0.25) is 0 Å². The van der Waals surface area contributed by atoms with Gasteiger partial charge in [0.15, 0.2) is 0 Å². The van der Waals surface area contributed by atoms with Gasteiger partial charge < -0.3 is 9.66 Å². The van der Waals surface area contributed by atoms with E-state index in [1.807, 2.05) is 0 Å². The van der Waals surface area contributed by atoms with Crippen molar-refractivity contribution in [1.82, 2.24) is 4.90 Å². The number of aliphatic hydroxyl groups is 1. The summed E-state index contributed by atoms with van der Waals surface area (Å²) in [4.78, 5) is 2.50. The van der Waals surface area contributed by atoms with E-state index in [0.717, 1.165) is 26.2 Å². The number of hydrogen-bond acceptors (Lipinski definition) is 6. The summed E-state index contributed by atoms with van der Waals surface area (Å²) in [6.45, 7) is 14.9. The summed E-state index contributed by atoms with van der Waals surface area (Å²) in [5, 5.41) is 9.24. The summed E-state index contributed by atoms with van der Waals surface area (Å²) in [5.74, 6) is 1.46. The summed E-state index contributed by atoms with van der Waals surface area (Å²) in [6, 6.07) is 0. The molecule has 0 aromatic rings. The molecule has 0 unspecified atom stereocenters. The minimum atomic E-state index is -4.42. The SMILES string of the molecule is CCCCCCC(C)(C)C1=[N+](CCO)CCN1CC.CCOS(=O)(=O)[O-]. The van der Waals surface area contributed by atoms with Crippen LogP contribution in [0, 0.1) is 5.41 Å². The molecule has 8 heteroatoms. The molecule has 0 saturated heterocycles. The molecule has 0 bridgehead atoms. The van der Waals surface area contributed by atoms with Crippen LogP contribution >= 0.6 is 0 Å². The van der Waals surface area contributed by atoms with Crippen LogP contribution in [0.15, 0.2) is 0 Å². The Kier molecular flexibility index (Phi) is 12.3. The second-order valence-electron chi connectivity index (χ2n) is 7.12. The Balaban J connectivity index is 0.000000758. The molecule has 0 aliphatic carbocycles. The van der Waals surface area contributed by atoms with Gasteiger partial charge in [-0.3, -0.25) is 13.7 Å². The monoisotopic (exact) mass is 394 g/mol. The molecule has 0 fully saturated rings. The van der Waals surface area contributed by atoms with E-state index in [9.17, 15) is 18.1 Å². The summed E-state index contributed by atoms with van der Waals surface area (Å²) >= 11 is 0. The van der Waals surface area contributed by atoms with Crippen LogP contribution in [-0.4, -0.2) is 72.8 Å². The number of β-amino-alcohol motifs (C(OH)–C–C–N with tert-alkyl or cyclic N) is 1. The van der Waals surface area contributed by atoms with Gasteiger partial charge in [0.2, 0.25) is 10.4 Å². The lowest BCUT2D eigenvalue weighted by molar-refractivity contribution is -0.523. The van der Waals surface area contributed by atoms with Crippen LogP contribution in [0.5, 0.6) is 0 Å². The second-order valence-corrected chi connectivity index (χ2v) is 8.18. The lowest BCUT2D eigenvalue weighted by atomic mass is 9.84. The van der Waals surface area contributed by atoms with Crippen molar-refractivity contribution in [2.24, 2.45) is 5.41 Å². The number of likely N-dealkylation sites (N-methyl/N-ethyl adjacent to an activating group) is 1. The lowest BCUT2D eigenvalue weighted by Gasteiger charge is -2.27. The number of aliphatic hydroxyl groups excluding tert-OH is 1. The zero-order valence-corrected chi connectivity index (χ0v) is 18.0. The van der Waals surface area contributed by atoms with Crippen molar-refractivity contribution in [2.45, 2.75) is 66.7 Å². The summed E-state index contributed by atoms with van der Waals surface area (Å²) in [7, 11) is -4.42. The third kappa shape index (κ3) is 9.85. The Bertz CT molecular complexity index is 518. The van der Waals surface area contributed by atoms with Gasteiger partial charge in [-0.15, -0.1) is 0 Å². The normalized spacial score (nSPS) is 15.3. The number of rotatable bonds is 11. The van der Waals surface area contributed by atoms with E-state index in [0.29, 0.717) is 0 Å². The number of amidine groups is 1. The van der Waals surface area contributed by atoms with Gasteiger partial charge >= 0.3 is 0 Å². The highest BCUT2D eigenvalue weighted by atomic mass is 32.3. The summed E-state index contributed by atoms with van der Waals surface area (Å²) in [6.07, 6.45) is 6.56. The summed E-state index contributed by atoms with van der Waals surface area (Å²) < 4.78 is 34.4. The number of nitrogens with zero attached hydrogens (tertiary/aromatic N) is 2. The van der Waals surface area contributed by atoms with Crippen molar-refractivity contribution in [2.75, 3.05) is 39.4 Å². The molecule has 1 aliphatic rings. The van der Waals surface area contributed by atoms with Gasteiger partial charge in [0.25, 0.3) is 5.84 Å². The van der Waals surface area contributed by atoms with Crippen molar-refractivity contribution < 1.29 is 26.8 Å². The highest BCUT2D eigenvalue weighted by molar-refractivity contribution is 7.80. The fourth-order valence-electron chi connectivity index (χ4n) is 3.41. The van der Waals surface area contributed by atoms with Crippen molar-refractivity contribution in [3.8, 4) is 0 Å². The largest absolute Gasteiger partial charge is 0.726 e. The molecule has 0 atom stereocenters. The molecule has 1 aliphatic heterocycles. The van der Waals surface area contributed by atoms with E-state index in [4.69, 9.17) is 0 Å². The molecule has 1 N–H and O–H groups in total. The van der Waals surface area contributed by atoms with Crippen LogP contribution in [-0.2, 0) is 14.6 Å². The Morgan fingerprint density at radius 2 is 1.88 bits per heavy atom. The van der Waals surface area contributed by atoms with E-state index in [2.05, 4.69) is 41.4 Å². The van der Waals surface area contributed by atoms with Crippen LogP contribution in [0.1, 0.15) is 66.7 Å². The lowest BCUT2D eigenvalue weighted by Crippen LogP contribution is -2.41. The van der Waals surface area contributed by atoms with Gasteiger partial charge in [-0.2, -0.15) is 0 Å². The maximum atomic E-state index is 9.45. The summed E-state index contributed by atoms with van der Waals surface area (Å²) in [5.41, 5.74) is 0.232. The first-order valence-electron chi connectivity index (χ1n) is 9.71. The quantitative estimate of drug-likeness (QED) is 0.250. The van der Waals surface area contributed by atoms with E-state index in [-0.39, 0.29) is 18.6 Å². The molecular weight excluding hydrogens is 356 g/mol. The molecule has 0 amide bonds. The van der Waals surface area contributed by atoms with Crippen molar-refractivity contribution >= 4 is 16.2 Å². The van der Waals surface area contributed by atoms with Crippen molar-refractivity contribution in [3.05, 3.63) is 0 Å². The molecule has 0 spiro atoms. The van der Waals surface area contributed by atoms with Gasteiger partial charge in [0.1, 0.15) is 19.6 Å². The topological polar surface area (TPSA) is 92.9 Å². The Morgan fingerprint density at radius 1 is 1.23 bits per heavy atom. The minimum Gasteiger partial charge on any atom is -0.726 e. The first-order valence-corrected chi connectivity index (χ1v) is 11.0. The average molecular weight is 395 g/mol. The van der Waals surface area contributed by atoms with Crippen LogP contribution < -0.4 is 0 Å². The number of hydrogen-bond donors (Lipinski definition) is 1. The van der Waals surface area contributed by atoms with E-state index < -0.39 is 10.4 Å². The van der Waals surface area contributed by atoms with Gasteiger partial charge in [-0.1, -0.05) is 32.6 Å². The van der Waals surface area contributed by atoms with Crippen LogP contribution in [0.25, 0.3) is 0 Å². The average Bonchev–Trinajstić information content (AvgIpc) is 2.95. The third-order valence-electron chi connectivity index (χ3n) is 4.51. The van der Waals surface area contributed by atoms with E-state index >= 15 is 0 Å². The molecule has 26 heavy (non-hydrogen) atoms. The van der Waals surface area contributed by atoms with E-state index in [1.54, 1.807) is 0 Å². The van der Waals surface area contributed by atoms with Crippen molar-refractivity contribution in [1.29, 1.82) is 0 Å². The smallest absolute Gasteiger partial charge is 0.252 e. The van der Waals surface area contributed by atoms with Crippen molar-refractivity contribution in [3.63, 3.8) is 0 Å². The molecule has 7 nitrogen and oxygen atoms in total. The van der Waals surface area contributed by atoms with E-state index in [1.165, 1.54) is 44.9 Å². The maximum Gasteiger partial charge on any atom is 0.252 e. The Morgan fingerprint density at radius 3 is 2.31 bits per heavy atom. The first kappa shape index (κ1) is 25.3. The second kappa shape index (κ2) is 12.6. The zero-order valence-electron chi connectivity index (χ0n) is 17.2. The molecule has 0 radical (unpaired) electrons. The maximum absolute atomic E-state index is 9.45. The molecule has 0 aromatic carbocycles. The van der Waals surface area contributed by atoms with Crippen LogP contribution in [0.3, 0.4) is 0 Å². The van der Waals surface area contributed by atoms with Crippen LogP contribution in [0.4, 0.5) is 0 Å². The molecule has 1 rings (SSSR count). The Labute approximate surface area is 160 Å². The fraction of sp³-hybridized carbons (Fsp3) is 0.944. The van der Waals surface area contributed by atoms with Gasteiger partial charge in [0.05, 0.1) is 25.2 Å². The molecular formula is C18H38N2O5S. The highest BCUT2D eigenvalue weighted by Crippen LogP contribution is 2.29. The first-order chi connectivity index (χ1) is 12.1. The molecule has 156 valence electrons.